The predicted molar refractivity (Wildman–Crippen MR) is 115 cm³/mol. The first kappa shape index (κ1) is 20.6. The maximum absolute atomic E-state index is 12.1. The van der Waals surface area contributed by atoms with Crippen molar-refractivity contribution in [3.8, 4) is 5.75 Å². The predicted octanol–water partition coefficient (Wildman–Crippen LogP) is 4.31. The summed E-state index contributed by atoms with van der Waals surface area (Å²) in [7, 11) is 1.61. The number of aromatic nitrogens is 1. The van der Waals surface area contributed by atoms with Gasteiger partial charge in [0.1, 0.15) is 5.75 Å². The van der Waals surface area contributed by atoms with Crippen molar-refractivity contribution in [1.82, 2.24) is 10.3 Å². The lowest BCUT2D eigenvalue weighted by Crippen LogP contribution is -2.24. The standard InChI is InChI=1S/C20H19ClN4O3S/c1-28-17-7-5-13(6-8-17)11-22-18(26)10-16-12-29-20(24-16)25-19(27)23-15-4-2-3-14(21)9-15/h2-9,12H,10-11H2,1H3,(H,22,26)(H2,23,24,25,27). The van der Waals surface area contributed by atoms with Gasteiger partial charge in [-0.1, -0.05) is 29.8 Å². The minimum Gasteiger partial charge on any atom is -0.497 e. The van der Waals surface area contributed by atoms with E-state index >= 15 is 0 Å². The van der Waals surface area contributed by atoms with E-state index in [4.69, 9.17) is 16.3 Å². The average molecular weight is 431 g/mol. The molecule has 150 valence electrons. The fourth-order valence-electron chi connectivity index (χ4n) is 2.44. The maximum atomic E-state index is 12.1. The molecule has 0 atom stereocenters. The number of urea groups is 1. The molecule has 0 fully saturated rings. The number of carbonyl (C=O) groups excluding carboxylic acids is 2. The number of benzene rings is 2. The summed E-state index contributed by atoms with van der Waals surface area (Å²) < 4.78 is 5.11. The normalized spacial score (nSPS) is 10.3. The van der Waals surface area contributed by atoms with Crippen LogP contribution in [0.25, 0.3) is 0 Å². The molecule has 0 bridgehead atoms. The van der Waals surface area contributed by atoms with Gasteiger partial charge in [0.25, 0.3) is 0 Å². The van der Waals surface area contributed by atoms with Crippen LogP contribution in [0.3, 0.4) is 0 Å². The fourth-order valence-corrected chi connectivity index (χ4v) is 3.34. The molecule has 7 nitrogen and oxygen atoms in total. The zero-order valence-electron chi connectivity index (χ0n) is 15.6. The van der Waals surface area contributed by atoms with Crippen molar-refractivity contribution in [1.29, 1.82) is 0 Å². The summed E-state index contributed by atoms with van der Waals surface area (Å²) in [5, 5.41) is 10.8. The van der Waals surface area contributed by atoms with Gasteiger partial charge in [-0.2, -0.15) is 0 Å². The van der Waals surface area contributed by atoms with E-state index in [1.165, 1.54) is 11.3 Å². The number of ether oxygens (including phenoxy) is 1. The Morgan fingerprint density at radius 2 is 1.93 bits per heavy atom. The first-order valence-corrected chi connectivity index (χ1v) is 9.95. The van der Waals surface area contributed by atoms with E-state index < -0.39 is 6.03 Å². The van der Waals surface area contributed by atoms with Gasteiger partial charge in [0, 0.05) is 22.6 Å². The van der Waals surface area contributed by atoms with Crippen LogP contribution in [0.2, 0.25) is 5.02 Å². The van der Waals surface area contributed by atoms with E-state index in [1.54, 1.807) is 36.8 Å². The Morgan fingerprint density at radius 3 is 2.66 bits per heavy atom. The Kier molecular flexibility index (Phi) is 7.04. The van der Waals surface area contributed by atoms with Crippen molar-refractivity contribution in [2.24, 2.45) is 0 Å². The Morgan fingerprint density at radius 1 is 1.14 bits per heavy atom. The van der Waals surface area contributed by atoms with Gasteiger partial charge in [-0.05, 0) is 35.9 Å². The molecule has 1 aromatic heterocycles. The smallest absolute Gasteiger partial charge is 0.325 e. The lowest BCUT2D eigenvalue weighted by Gasteiger charge is -2.06. The van der Waals surface area contributed by atoms with Gasteiger partial charge in [0.05, 0.1) is 19.2 Å². The van der Waals surface area contributed by atoms with E-state index in [2.05, 4.69) is 20.9 Å². The molecule has 0 aliphatic carbocycles. The number of nitrogens with zero attached hydrogens (tertiary/aromatic N) is 1. The lowest BCUT2D eigenvalue weighted by molar-refractivity contribution is -0.120. The summed E-state index contributed by atoms with van der Waals surface area (Å²) >= 11 is 7.14. The summed E-state index contributed by atoms with van der Waals surface area (Å²) in [5.74, 6) is 0.614. The highest BCUT2D eigenvalue weighted by Gasteiger charge is 2.10. The summed E-state index contributed by atoms with van der Waals surface area (Å²) in [6.07, 6.45) is 0.129. The zero-order valence-corrected chi connectivity index (χ0v) is 17.1. The molecule has 1 heterocycles. The second-order valence-corrected chi connectivity index (χ2v) is 7.33. The number of anilines is 2. The van der Waals surface area contributed by atoms with Crippen LogP contribution in [0.1, 0.15) is 11.3 Å². The number of halogens is 1. The molecule has 3 aromatic rings. The molecule has 2 aromatic carbocycles. The van der Waals surface area contributed by atoms with E-state index in [-0.39, 0.29) is 12.3 Å². The number of hydrogen-bond donors (Lipinski definition) is 3. The summed E-state index contributed by atoms with van der Waals surface area (Å²) in [4.78, 5) is 28.4. The highest BCUT2D eigenvalue weighted by Crippen LogP contribution is 2.18. The first-order valence-electron chi connectivity index (χ1n) is 8.69. The third-order valence-corrected chi connectivity index (χ3v) is 4.89. The number of nitrogens with one attached hydrogen (secondary N) is 3. The summed E-state index contributed by atoms with van der Waals surface area (Å²) in [6, 6.07) is 13.9. The Balaban J connectivity index is 1.46. The van der Waals surface area contributed by atoms with Gasteiger partial charge in [-0.25, -0.2) is 9.78 Å². The first-order chi connectivity index (χ1) is 14.0. The van der Waals surface area contributed by atoms with Crippen LogP contribution in [0.4, 0.5) is 15.6 Å². The third kappa shape index (κ3) is 6.48. The van der Waals surface area contributed by atoms with E-state index in [9.17, 15) is 9.59 Å². The van der Waals surface area contributed by atoms with Crippen LogP contribution < -0.4 is 20.7 Å². The van der Waals surface area contributed by atoms with Crippen LogP contribution in [0, 0.1) is 0 Å². The molecule has 0 spiro atoms. The summed E-state index contributed by atoms with van der Waals surface area (Å²) in [6.45, 7) is 0.417. The molecule has 0 saturated heterocycles. The van der Waals surface area contributed by atoms with Gasteiger partial charge < -0.3 is 15.4 Å². The highest BCUT2D eigenvalue weighted by atomic mass is 35.5. The lowest BCUT2D eigenvalue weighted by atomic mass is 10.2. The SMILES string of the molecule is COc1ccc(CNC(=O)Cc2csc(NC(=O)Nc3cccc(Cl)c3)n2)cc1. The van der Waals surface area contributed by atoms with Crippen LogP contribution in [0.5, 0.6) is 5.75 Å². The molecule has 29 heavy (non-hydrogen) atoms. The minimum atomic E-state index is -0.433. The highest BCUT2D eigenvalue weighted by molar-refractivity contribution is 7.14. The molecule has 0 unspecified atom stereocenters. The quantitative estimate of drug-likeness (QED) is 0.520. The number of methoxy groups -OCH3 is 1. The molecule has 0 saturated carbocycles. The van der Waals surface area contributed by atoms with Crippen molar-refractivity contribution < 1.29 is 14.3 Å². The zero-order chi connectivity index (χ0) is 20.6. The number of carbonyl (C=O) groups is 2. The molecule has 0 aliphatic heterocycles. The van der Waals surface area contributed by atoms with E-state index in [0.717, 1.165) is 11.3 Å². The van der Waals surface area contributed by atoms with Crippen molar-refractivity contribution >= 4 is 45.7 Å². The minimum absolute atomic E-state index is 0.129. The fraction of sp³-hybridized carbons (Fsp3) is 0.150. The van der Waals surface area contributed by atoms with Gasteiger partial charge in [-0.3, -0.25) is 10.1 Å². The second-order valence-electron chi connectivity index (χ2n) is 6.04. The molecule has 0 aliphatic rings. The van der Waals surface area contributed by atoms with Crippen molar-refractivity contribution in [2.45, 2.75) is 13.0 Å². The topological polar surface area (TPSA) is 92.4 Å². The largest absolute Gasteiger partial charge is 0.497 e. The maximum Gasteiger partial charge on any atom is 0.325 e. The molecular formula is C20H19ClN4O3S. The Labute approximate surface area is 177 Å². The third-order valence-electron chi connectivity index (χ3n) is 3.85. The number of rotatable bonds is 7. The molecule has 3 amide bonds. The monoisotopic (exact) mass is 430 g/mol. The van der Waals surface area contributed by atoms with Gasteiger partial charge in [0.15, 0.2) is 5.13 Å². The van der Waals surface area contributed by atoms with Crippen molar-refractivity contribution in [2.75, 3.05) is 17.7 Å². The molecule has 3 N–H and O–H groups in total. The van der Waals surface area contributed by atoms with Crippen molar-refractivity contribution in [3.05, 3.63) is 70.2 Å². The van der Waals surface area contributed by atoms with Gasteiger partial charge in [-0.15, -0.1) is 11.3 Å². The second kappa shape index (κ2) is 9.90. The molecular weight excluding hydrogens is 412 g/mol. The van der Waals surface area contributed by atoms with Gasteiger partial charge >= 0.3 is 6.03 Å². The van der Waals surface area contributed by atoms with E-state index in [0.29, 0.717) is 28.1 Å². The Hall–Kier alpha value is -3.10. The van der Waals surface area contributed by atoms with Crippen LogP contribution in [-0.2, 0) is 17.8 Å². The van der Waals surface area contributed by atoms with Crippen molar-refractivity contribution in [3.63, 3.8) is 0 Å². The van der Waals surface area contributed by atoms with Gasteiger partial charge in [0.2, 0.25) is 5.91 Å². The number of thiazole rings is 1. The van der Waals surface area contributed by atoms with E-state index in [1.807, 2.05) is 24.3 Å². The Bertz CT molecular complexity index is 991. The van der Waals surface area contributed by atoms with Crippen LogP contribution in [-0.4, -0.2) is 24.0 Å². The van der Waals surface area contributed by atoms with Crippen LogP contribution in [0.15, 0.2) is 53.9 Å². The molecule has 9 heteroatoms. The molecule has 3 rings (SSSR count). The average Bonchev–Trinajstić information content (AvgIpc) is 3.13. The summed E-state index contributed by atoms with van der Waals surface area (Å²) in [5.41, 5.74) is 2.13. The van der Waals surface area contributed by atoms with Crippen LogP contribution >= 0.6 is 22.9 Å². The number of amides is 3. The molecule has 0 radical (unpaired) electrons. The number of hydrogen-bond acceptors (Lipinski definition) is 5.